The number of hydrogen-bond donors (Lipinski definition) is 1. The number of piperidine rings is 1. The first-order valence-corrected chi connectivity index (χ1v) is 12.5. The Balaban J connectivity index is 1.44. The highest BCUT2D eigenvalue weighted by atomic mass is 32.2. The van der Waals surface area contributed by atoms with Crippen LogP contribution >= 0.6 is 0 Å². The van der Waals surface area contributed by atoms with Crippen molar-refractivity contribution in [2.75, 3.05) is 38.2 Å². The molecule has 1 amide bonds. The molecule has 1 N–H and O–H groups in total. The summed E-state index contributed by atoms with van der Waals surface area (Å²) in [5, 5.41) is 3.09. The molecule has 0 bridgehead atoms. The standard InChI is InChI=1S/C20H30N4O5S/c1-13-19(24-8-4-6-17(24)22-20(13)26)14-5-3-7-23(10-14)18(25)9-21-15-11-30(27,28)12-16(15)29-2/h14-16,21H,3-12H2,1-2H3/t14-,15-,16+/m1/s1. The fourth-order valence-corrected chi connectivity index (χ4v) is 6.95. The Morgan fingerprint density at radius 1 is 1.27 bits per heavy atom. The van der Waals surface area contributed by atoms with Gasteiger partial charge in [0.2, 0.25) is 5.91 Å². The molecule has 2 saturated heterocycles. The van der Waals surface area contributed by atoms with Gasteiger partial charge in [-0.2, -0.15) is 4.98 Å². The van der Waals surface area contributed by atoms with E-state index in [1.165, 1.54) is 7.11 Å². The third-order valence-electron chi connectivity index (χ3n) is 6.60. The molecule has 0 radical (unpaired) electrons. The minimum atomic E-state index is -3.14. The molecule has 1 aromatic heterocycles. The number of fused-ring (bicyclic) bond motifs is 1. The van der Waals surface area contributed by atoms with E-state index in [-0.39, 0.29) is 41.5 Å². The average Bonchev–Trinajstić information content (AvgIpc) is 3.29. The van der Waals surface area contributed by atoms with E-state index in [1.807, 2.05) is 11.8 Å². The lowest BCUT2D eigenvalue weighted by Crippen LogP contribution is -2.48. The number of methoxy groups -OCH3 is 1. The zero-order chi connectivity index (χ0) is 21.5. The van der Waals surface area contributed by atoms with Crippen molar-refractivity contribution in [3.63, 3.8) is 0 Å². The lowest BCUT2D eigenvalue weighted by molar-refractivity contribution is -0.131. The number of ether oxygens (including phenoxy) is 1. The van der Waals surface area contributed by atoms with E-state index in [4.69, 9.17) is 4.74 Å². The van der Waals surface area contributed by atoms with Crippen LogP contribution in [-0.2, 0) is 32.3 Å². The maximum Gasteiger partial charge on any atom is 0.276 e. The molecule has 0 aromatic carbocycles. The molecule has 4 rings (SSSR count). The highest BCUT2D eigenvalue weighted by Gasteiger charge is 2.38. The molecule has 0 unspecified atom stereocenters. The molecule has 4 heterocycles. The van der Waals surface area contributed by atoms with Gasteiger partial charge in [-0.1, -0.05) is 0 Å². The number of nitrogens with zero attached hydrogens (tertiary/aromatic N) is 3. The quantitative estimate of drug-likeness (QED) is 0.666. The zero-order valence-corrected chi connectivity index (χ0v) is 18.4. The third-order valence-corrected chi connectivity index (χ3v) is 8.30. The number of carbonyl (C=O) groups excluding carboxylic acids is 1. The number of sulfone groups is 1. The number of nitrogens with one attached hydrogen (secondary N) is 1. The van der Waals surface area contributed by atoms with Gasteiger partial charge in [0.25, 0.3) is 5.56 Å². The summed E-state index contributed by atoms with van der Waals surface area (Å²) in [7, 11) is -1.64. The van der Waals surface area contributed by atoms with Crippen LogP contribution in [0.15, 0.2) is 4.79 Å². The average molecular weight is 439 g/mol. The third kappa shape index (κ3) is 4.17. The molecule has 3 aliphatic rings. The molecular weight excluding hydrogens is 408 g/mol. The summed E-state index contributed by atoms with van der Waals surface area (Å²) < 4.78 is 31.2. The van der Waals surface area contributed by atoms with Gasteiger partial charge in [0.05, 0.1) is 24.2 Å². The molecule has 9 nitrogen and oxygen atoms in total. The van der Waals surface area contributed by atoms with Gasteiger partial charge in [-0.05, 0) is 26.2 Å². The fraction of sp³-hybridized carbons (Fsp3) is 0.750. The Kier molecular flexibility index (Phi) is 6.00. The molecule has 10 heteroatoms. The van der Waals surface area contributed by atoms with Crippen molar-refractivity contribution in [2.24, 2.45) is 0 Å². The predicted molar refractivity (Wildman–Crippen MR) is 111 cm³/mol. The van der Waals surface area contributed by atoms with E-state index >= 15 is 0 Å². The summed E-state index contributed by atoms with van der Waals surface area (Å²) in [6, 6.07) is -0.367. The smallest absolute Gasteiger partial charge is 0.276 e. The highest BCUT2D eigenvalue weighted by Crippen LogP contribution is 2.30. The molecule has 30 heavy (non-hydrogen) atoms. The normalized spacial score (nSPS) is 27.9. The fourth-order valence-electron chi connectivity index (χ4n) is 5.07. The van der Waals surface area contributed by atoms with Crippen molar-refractivity contribution >= 4 is 15.7 Å². The summed E-state index contributed by atoms with van der Waals surface area (Å²) in [5.41, 5.74) is 1.57. The van der Waals surface area contributed by atoms with Crippen molar-refractivity contribution in [2.45, 2.75) is 57.2 Å². The summed E-state index contributed by atoms with van der Waals surface area (Å²) in [6.07, 6.45) is 3.21. The maximum atomic E-state index is 12.9. The number of aromatic nitrogens is 2. The van der Waals surface area contributed by atoms with Crippen LogP contribution in [0, 0.1) is 6.92 Å². The predicted octanol–water partition coefficient (Wildman–Crippen LogP) is -0.394. The van der Waals surface area contributed by atoms with E-state index in [0.29, 0.717) is 18.7 Å². The lowest BCUT2D eigenvalue weighted by atomic mass is 9.91. The number of likely N-dealkylation sites (tertiary alicyclic amines) is 1. The molecule has 166 valence electrons. The van der Waals surface area contributed by atoms with Crippen LogP contribution in [0.25, 0.3) is 0 Å². The number of amides is 1. The Labute approximate surface area is 176 Å². The largest absolute Gasteiger partial charge is 0.379 e. The van der Waals surface area contributed by atoms with Gasteiger partial charge in [-0.25, -0.2) is 8.42 Å². The first-order chi connectivity index (χ1) is 14.3. The first kappa shape index (κ1) is 21.5. The van der Waals surface area contributed by atoms with Gasteiger partial charge in [-0.3, -0.25) is 9.59 Å². The number of aryl methyl sites for hydroxylation is 1. The summed E-state index contributed by atoms with van der Waals surface area (Å²) in [6.45, 7) is 4.04. The SMILES string of the molecule is CO[C@H]1CS(=O)(=O)C[C@H]1NCC(=O)N1CCC[C@@H](c2c(C)c(=O)nc3n2CCC3)C1. The minimum absolute atomic E-state index is 0.00727. The second kappa shape index (κ2) is 8.39. The molecule has 0 spiro atoms. The molecular formula is C20H30N4O5S. The Hall–Kier alpha value is -1.78. The highest BCUT2D eigenvalue weighted by molar-refractivity contribution is 7.91. The van der Waals surface area contributed by atoms with Crippen LogP contribution in [0.3, 0.4) is 0 Å². The van der Waals surface area contributed by atoms with Crippen molar-refractivity contribution in [3.8, 4) is 0 Å². The minimum Gasteiger partial charge on any atom is -0.379 e. The Bertz CT molecular complexity index is 990. The number of rotatable bonds is 5. The van der Waals surface area contributed by atoms with Crippen LogP contribution in [0.4, 0.5) is 0 Å². The van der Waals surface area contributed by atoms with Gasteiger partial charge in [0.15, 0.2) is 9.84 Å². The van der Waals surface area contributed by atoms with E-state index < -0.39 is 15.9 Å². The van der Waals surface area contributed by atoms with Gasteiger partial charge in [0, 0.05) is 56.4 Å². The van der Waals surface area contributed by atoms with Gasteiger partial charge >= 0.3 is 0 Å². The van der Waals surface area contributed by atoms with E-state index in [1.54, 1.807) is 0 Å². The number of carbonyl (C=O) groups is 1. The second-order valence-electron chi connectivity index (χ2n) is 8.62. The summed E-state index contributed by atoms with van der Waals surface area (Å²) in [5.74, 6) is 0.914. The molecule has 0 saturated carbocycles. The maximum absolute atomic E-state index is 12.9. The van der Waals surface area contributed by atoms with Crippen molar-refractivity contribution in [1.29, 1.82) is 0 Å². The topological polar surface area (TPSA) is 111 Å². The second-order valence-corrected chi connectivity index (χ2v) is 10.8. The molecule has 2 fully saturated rings. The van der Waals surface area contributed by atoms with Crippen LogP contribution in [0.1, 0.15) is 42.3 Å². The zero-order valence-electron chi connectivity index (χ0n) is 17.6. The monoisotopic (exact) mass is 438 g/mol. The summed E-state index contributed by atoms with van der Waals surface area (Å²) >= 11 is 0. The molecule has 3 atom stereocenters. The van der Waals surface area contributed by atoms with Crippen LogP contribution in [-0.4, -0.2) is 79.2 Å². The first-order valence-electron chi connectivity index (χ1n) is 10.6. The van der Waals surface area contributed by atoms with Gasteiger partial charge in [-0.15, -0.1) is 0 Å². The van der Waals surface area contributed by atoms with Crippen molar-refractivity contribution in [3.05, 3.63) is 27.4 Å². The van der Waals surface area contributed by atoms with Gasteiger partial charge in [0.1, 0.15) is 5.82 Å². The van der Waals surface area contributed by atoms with Crippen LogP contribution in [0.2, 0.25) is 0 Å². The van der Waals surface area contributed by atoms with Crippen molar-refractivity contribution < 1.29 is 17.9 Å². The van der Waals surface area contributed by atoms with E-state index in [0.717, 1.165) is 43.7 Å². The van der Waals surface area contributed by atoms with Gasteiger partial charge < -0.3 is 19.5 Å². The van der Waals surface area contributed by atoms with Crippen LogP contribution < -0.4 is 10.9 Å². The molecule has 3 aliphatic heterocycles. The summed E-state index contributed by atoms with van der Waals surface area (Å²) in [4.78, 5) is 31.3. The lowest BCUT2D eigenvalue weighted by Gasteiger charge is -2.35. The van der Waals surface area contributed by atoms with Crippen LogP contribution in [0.5, 0.6) is 0 Å². The number of hydrogen-bond acceptors (Lipinski definition) is 7. The molecule has 0 aliphatic carbocycles. The molecule has 1 aromatic rings. The Morgan fingerprint density at radius 2 is 2.07 bits per heavy atom. The van der Waals surface area contributed by atoms with Crippen molar-refractivity contribution in [1.82, 2.24) is 19.8 Å². The van der Waals surface area contributed by atoms with E-state index in [9.17, 15) is 18.0 Å². The van der Waals surface area contributed by atoms with E-state index in [2.05, 4.69) is 14.9 Å². The Morgan fingerprint density at radius 3 is 2.83 bits per heavy atom.